The van der Waals surface area contributed by atoms with Gasteiger partial charge in [-0.25, -0.2) is 0 Å². The first-order valence-electron chi connectivity index (χ1n) is 6.35. The molecule has 0 atom stereocenters. The van der Waals surface area contributed by atoms with Gasteiger partial charge in [0.25, 0.3) is 0 Å². The fraction of sp³-hybridized carbons (Fsp3) is 0.250. The molecule has 2 nitrogen and oxygen atoms in total. The molecular weight excluding hydrogens is 222 g/mol. The standard InChI is InChI=1S/C16H19NO/c1-2-10-18-16-8-6-14(7-9-16)15-5-3-4-13(11-15)12-17/h3-9,11H,2,10,12,17H2,1H3. The molecule has 0 aromatic heterocycles. The fourth-order valence-electron chi connectivity index (χ4n) is 1.84. The predicted octanol–water partition coefficient (Wildman–Crippen LogP) is 3.60. The van der Waals surface area contributed by atoms with E-state index in [1.54, 1.807) is 0 Å². The highest BCUT2D eigenvalue weighted by atomic mass is 16.5. The minimum absolute atomic E-state index is 0.575. The molecule has 0 saturated heterocycles. The zero-order chi connectivity index (χ0) is 12.8. The van der Waals surface area contributed by atoms with E-state index in [4.69, 9.17) is 10.5 Å². The van der Waals surface area contributed by atoms with Crippen LogP contribution in [0.25, 0.3) is 11.1 Å². The van der Waals surface area contributed by atoms with Gasteiger partial charge in [0.15, 0.2) is 0 Å². The zero-order valence-corrected chi connectivity index (χ0v) is 10.7. The number of rotatable bonds is 5. The van der Waals surface area contributed by atoms with E-state index in [1.165, 1.54) is 11.1 Å². The molecular formula is C16H19NO. The highest BCUT2D eigenvalue weighted by Gasteiger charge is 1.99. The molecule has 0 fully saturated rings. The summed E-state index contributed by atoms with van der Waals surface area (Å²) in [6, 6.07) is 16.5. The Hall–Kier alpha value is -1.80. The molecule has 0 heterocycles. The van der Waals surface area contributed by atoms with Crippen molar-refractivity contribution in [1.29, 1.82) is 0 Å². The van der Waals surface area contributed by atoms with Crippen LogP contribution >= 0.6 is 0 Å². The first kappa shape index (κ1) is 12.7. The zero-order valence-electron chi connectivity index (χ0n) is 10.7. The van der Waals surface area contributed by atoms with Gasteiger partial charge in [-0.1, -0.05) is 37.3 Å². The maximum atomic E-state index is 5.66. The summed E-state index contributed by atoms with van der Waals surface area (Å²) in [7, 11) is 0. The predicted molar refractivity (Wildman–Crippen MR) is 75.6 cm³/mol. The molecule has 0 unspecified atom stereocenters. The van der Waals surface area contributed by atoms with E-state index in [0.29, 0.717) is 6.54 Å². The van der Waals surface area contributed by atoms with Crippen LogP contribution in [0.3, 0.4) is 0 Å². The smallest absolute Gasteiger partial charge is 0.119 e. The van der Waals surface area contributed by atoms with E-state index in [-0.39, 0.29) is 0 Å². The second-order valence-corrected chi connectivity index (χ2v) is 4.28. The average molecular weight is 241 g/mol. The Morgan fingerprint density at radius 2 is 1.78 bits per heavy atom. The molecule has 2 heteroatoms. The lowest BCUT2D eigenvalue weighted by molar-refractivity contribution is 0.317. The Labute approximate surface area is 108 Å². The molecule has 0 radical (unpaired) electrons. The third-order valence-corrected chi connectivity index (χ3v) is 2.82. The maximum absolute atomic E-state index is 5.66. The molecule has 18 heavy (non-hydrogen) atoms. The van der Waals surface area contributed by atoms with Crippen LogP contribution in [0.4, 0.5) is 0 Å². The molecule has 0 saturated carbocycles. The summed E-state index contributed by atoms with van der Waals surface area (Å²) < 4.78 is 5.57. The van der Waals surface area contributed by atoms with Crippen LogP contribution in [0, 0.1) is 0 Å². The second kappa shape index (κ2) is 6.22. The van der Waals surface area contributed by atoms with Crippen LogP contribution in [0.15, 0.2) is 48.5 Å². The van der Waals surface area contributed by atoms with E-state index in [9.17, 15) is 0 Å². The van der Waals surface area contributed by atoms with Gasteiger partial charge in [0, 0.05) is 6.54 Å². The first-order chi connectivity index (χ1) is 8.83. The van der Waals surface area contributed by atoms with Crippen LogP contribution in [-0.2, 0) is 6.54 Å². The summed E-state index contributed by atoms with van der Waals surface area (Å²) in [5.41, 5.74) is 9.19. The van der Waals surface area contributed by atoms with E-state index < -0.39 is 0 Å². The molecule has 2 N–H and O–H groups in total. The number of hydrogen-bond acceptors (Lipinski definition) is 2. The van der Waals surface area contributed by atoms with Gasteiger partial charge in [-0.3, -0.25) is 0 Å². The van der Waals surface area contributed by atoms with Crippen molar-refractivity contribution in [3.05, 3.63) is 54.1 Å². The quantitative estimate of drug-likeness (QED) is 0.868. The summed E-state index contributed by atoms with van der Waals surface area (Å²) in [4.78, 5) is 0. The topological polar surface area (TPSA) is 35.2 Å². The van der Waals surface area contributed by atoms with Gasteiger partial charge in [-0.2, -0.15) is 0 Å². The minimum atomic E-state index is 0.575. The van der Waals surface area contributed by atoms with Crippen LogP contribution in [0.5, 0.6) is 5.75 Å². The average Bonchev–Trinajstić information content (AvgIpc) is 2.46. The molecule has 2 rings (SSSR count). The monoisotopic (exact) mass is 241 g/mol. The highest BCUT2D eigenvalue weighted by molar-refractivity contribution is 5.64. The lowest BCUT2D eigenvalue weighted by Crippen LogP contribution is -1.96. The van der Waals surface area contributed by atoms with Crippen LogP contribution in [-0.4, -0.2) is 6.61 Å². The SMILES string of the molecule is CCCOc1ccc(-c2cccc(CN)c2)cc1. The molecule has 0 spiro atoms. The lowest BCUT2D eigenvalue weighted by atomic mass is 10.0. The van der Waals surface area contributed by atoms with Crippen LogP contribution < -0.4 is 10.5 Å². The Balaban J connectivity index is 2.17. The van der Waals surface area contributed by atoms with Gasteiger partial charge in [0.2, 0.25) is 0 Å². The lowest BCUT2D eigenvalue weighted by Gasteiger charge is -2.07. The molecule has 2 aromatic rings. The minimum Gasteiger partial charge on any atom is -0.494 e. The summed E-state index contributed by atoms with van der Waals surface area (Å²) in [6.45, 7) is 3.44. The number of nitrogens with two attached hydrogens (primary N) is 1. The van der Waals surface area contributed by atoms with Gasteiger partial charge in [0.05, 0.1) is 6.61 Å². The van der Waals surface area contributed by atoms with Crippen LogP contribution in [0.1, 0.15) is 18.9 Å². The molecule has 2 aromatic carbocycles. The molecule has 94 valence electrons. The van der Waals surface area contributed by atoms with Gasteiger partial charge < -0.3 is 10.5 Å². The molecule has 0 amide bonds. The van der Waals surface area contributed by atoms with Crippen molar-refractivity contribution < 1.29 is 4.74 Å². The number of ether oxygens (including phenoxy) is 1. The second-order valence-electron chi connectivity index (χ2n) is 4.28. The van der Waals surface area contributed by atoms with Crippen molar-refractivity contribution >= 4 is 0 Å². The van der Waals surface area contributed by atoms with E-state index in [1.807, 2.05) is 24.3 Å². The Bertz CT molecular complexity index is 491. The van der Waals surface area contributed by atoms with Gasteiger partial charge >= 0.3 is 0 Å². The number of benzene rings is 2. The van der Waals surface area contributed by atoms with Crippen molar-refractivity contribution in [2.24, 2.45) is 5.73 Å². The van der Waals surface area contributed by atoms with E-state index in [2.05, 4.69) is 31.2 Å². The summed E-state index contributed by atoms with van der Waals surface area (Å²) >= 11 is 0. The Kier molecular flexibility index (Phi) is 4.37. The summed E-state index contributed by atoms with van der Waals surface area (Å²) in [6.07, 6.45) is 1.03. The van der Waals surface area contributed by atoms with Crippen molar-refractivity contribution in [3.8, 4) is 16.9 Å². The van der Waals surface area contributed by atoms with Crippen molar-refractivity contribution in [2.75, 3.05) is 6.61 Å². The molecule has 0 aliphatic rings. The Morgan fingerprint density at radius 1 is 1.00 bits per heavy atom. The van der Waals surface area contributed by atoms with E-state index in [0.717, 1.165) is 24.3 Å². The van der Waals surface area contributed by atoms with Crippen LogP contribution in [0.2, 0.25) is 0 Å². The third-order valence-electron chi connectivity index (χ3n) is 2.82. The van der Waals surface area contributed by atoms with Gasteiger partial charge in [-0.15, -0.1) is 0 Å². The van der Waals surface area contributed by atoms with Crippen molar-refractivity contribution in [1.82, 2.24) is 0 Å². The number of hydrogen-bond donors (Lipinski definition) is 1. The fourth-order valence-corrected chi connectivity index (χ4v) is 1.84. The largest absolute Gasteiger partial charge is 0.494 e. The summed E-state index contributed by atoms with van der Waals surface area (Å²) in [5.74, 6) is 0.926. The summed E-state index contributed by atoms with van der Waals surface area (Å²) in [5, 5.41) is 0. The maximum Gasteiger partial charge on any atom is 0.119 e. The normalized spacial score (nSPS) is 10.3. The van der Waals surface area contributed by atoms with E-state index >= 15 is 0 Å². The van der Waals surface area contributed by atoms with Crippen molar-refractivity contribution in [3.63, 3.8) is 0 Å². The van der Waals surface area contributed by atoms with Gasteiger partial charge in [-0.05, 0) is 41.3 Å². The first-order valence-corrected chi connectivity index (χ1v) is 6.35. The van der Waals surface area contributed by atoms with Crippen molar-refractivity contribution in [2.45, 2.75) is 19.9 Å². The third kappa shape index (κ3) is 3.11. The van der Waals surface area contributed by atoms with Gasteiger partial charge in [0.1, 0.15) is 5.75 Å². The molecule has 0 aliphatic carbocycles. The molecule has 0 aliphatic heterocycles. The molecule has 0 bridgehead atoms. The highest BCUT2D eigenvalue weighted by Crippen LogP contribution is 2.23. The Morgan fingerprint density at radius 3 is 2.44 bits per heavy atom.